The molecule has 0 aromatic carbocycles. The Kier molecular flexibility index (Phi) is 4.43. The van der Waals surface area contributed by atoms with Crippen LogP contribution in [-0.2, 0) is 17.1 Å². The maximum Gasteiger partial charge on any atom is 0.244 e. The Morgan fingerprint density at radius 3 is 2.52 bits per heavy atom. The molecule has 0 aliphatic heterocycles. The average molecular weight is 308 g/mol. The lowest BCUT2D eigenvalue weighted by atomic mass is 10.1. The van der Waals surface area contributed by atoms with Crippen LogP contribution in [-0.4, -0.2) is 23.2 Å². The summed E-state index contributed by atoms with van der Waals surface area (Å²) in [6, 6.07) is 5.12. The highest BCUT2D eigenvalue weighted by molar-refractivity contribution is 7.89. The summed E-state index contributed by atoms with van der Waals surface area (Å²) in [6.45, 7) is 5.37. The van der Waals surface area contributed by atoms with Crippen LogP contribution in [0.2, 0.25) is 0 Å². The maximum absolute atomic E-state index is 12.6. The Hall–Kier alpha value is -1.73. The van der Waals surface area contributed by atoms with Crippen LogP contribution in [0.3, 0.4) is 0 Å². The van der Waals surface area contributed by atoms with Crippen LogP contribution in [0.4, 0.5) is 0 Å². The number of hydrogen-bond acceptors (Lipinski definition) is 4. The molecule has 21 heavy (non-hydrogen) atoms. The van der Waals surface area contributed by atoms with Gasteiger partial charge in [0.1, 0.15) is 4.90 Å². The maximum atomic E-state index is 12.6. The molecule has 2 aromatic heterocycles. The summed E-state index contributed by atoms with van der Waals surface area (Å²) in [6.07, 6.45) is 2.28. The van der Waals surface area contributed by atoms with Crippen molar-refractivity contribution < 1.29 is 8.42 Å². The van der Waals surface area contributed by atoms with Gasteiger partial charge in [0.05, 0.1) is 23.1 Å². The van der Waals surface area contributed by atoms with Crippen LogP contribution >= 0.6 is 0 Å². The summed E-state index contributed by atoms with van der Waals surface area (Å²) < 4.78 is 29.6. The number of rotatable bonds is 5. The van der Waals surface area contributed by atoms with Gasteiger partial charge in [-0.05, 0) is 32.4 Å². The van der Waals surface area contributed by atoms with Crippen LogP contribution < -0.4 is 4.72 Å². The van der Waals surface area contributed by atoms with E-state index in [2.05, 4.69) is 14.8 Å². The molecule has 1 atom stereocenters. The molecule has 0 fully saturated rings. The number of aryl methyl sites for hydroxylation is 2. The number of nitrogens with zero attached hydrogens (tertiary/aromatic N) is 3. The van der Waals surface area contributed by atoms with E-state index in [-0.39, 0.29) is 10.9 Å². The third-order valence-corrected chi connectivity index (χ3v) is 5.18. The summed E-state index contributed by atoms with van der Waals surface area (Å²) in [4.78, 5) is 4.48. The van der Waals surface area contributed by atoms with Gasteiger partial charge >= 0.3 is 0 Å². The first-order chi connectivity index (χ1) is 9.86. The van der Waals surface area contributed by atoms with Gasteiger partial charge in [-0.15, -0.1) is 0 Å². The zero-order chi connectivity index (χ0) is 15.6. The van der Waals surface area contributed by atoms with Crippen molar-refractivity contribution in [2.75, 3.05) is 0 Å². The molecule has 0 unspecified atom stereocenters. The average Bonchev–Trinajstić information content (AvgIpc) is 2.71. The predicted octanol–water partition coefficient (Wildman–Crippen LogP) is 1.86. The SMILES string of the molecule is CC[C@@H](NS(=O)(=O)c1c(C)nn(C)c1C)c1ccccn1. The van der Waals surface area contributed by atoms with E-state index in [1.54, 1.807) is 37.8 Å². The highest BCUT2D eigenvalue weighted by Gasteiger charge is 2.27. The van der Waals surface area contributed by atoms with E-state index in [1.807, 2.05) is 19.1 Å². The van der Waals surface area contributed by atoms with Gasteiger partial charge in [0.15, 0.2) is 0 Å². The Morgan fingerprint density at radius 1 is 1.33 bits per heavy atom. The van der Waals surface area contributed by atoms with Gasteiger partial charge in [-0.3, -0.25) is 9.67 Å². The molecule has 0 radical (unpaired) electrons. The molecule has 2 rings (SSSR count). The summed E-state index contributed by atoms with van der Waals surface area (Å²) in [7, 11) is -1.90. The van der Waals surface area contributed by atoms with E-state index in [0.717, 1.165) is 0 Å². The first-order valence-electron chi connectivity index (χ1n) is 6.80. The lowest BCUT2D eigenvalue weighted by molar-refractivity contribution is 0.543. The quantitative estimate of drug-likeness (QED) is 0.914. The predicted molar refractivity (Wildman–Crippen MR) is 80.3 cm³/mol. The topological polar surface area (TPSA) is 76.9 Å². The fourth-order valence-corrected chi connectivity index (χ4v) is 4.05. The Labute approximate surface area is 125 Å². The van der Waals surface area contributed by atoms with E-state index >= 15 is 0 Å². The zero-order valence-electron chi connectivity index (χ0n) is 12.7. The molecule has 114 valence electrons. The second-order valence-corrected chi connectivity index (χ2v) is 6.61. The molecule has 2 aromatic rings. The summed E-state index contributed by atoms with van der Waals surface area (Å²) in [5.74, 6) is 0. The Bertz CT molecular complexity index is 723. The van der Waals surface area contributed by atoms with Crippen molar-refractivity contribution in [1.29, 1.82) is 0 Å². The fourth-order valence-electron chi connectivity index (χ4n) is 2.32. The molecular formula is C14H20N4O2S. The van der Waals surface area contributed by atoms with Crippen molar-refractivity contribution >= 4 is 10.0 Å². The zero-order valence-corrected chi connectivity index (χ0v) is 13.5. The number of nitrogens with one attached hydrogen (secondary N) is 1. The number of pyridine rings is 1. The third-order valence-electron chi connectivity index (χ3n) is 3.46. The number of hydrogen-bond donors (Lipinski definition) is 1. The first kappa shape index (κ1) is 15.7. The van der Waals surface area contributed by atoms with E-state index in [4.69, 9.17) is 0 Å². The number of aromatic nitrogens is 3. The second-order valence-electron chi connectivity index (χ2n) is 4.96. The van der Waals surface area contributed by atoms with Gasteiger partial charge < -0.3 is 0 Å². The van der Waals surface area contributed by atoms with Crippen LogP contribution in [0, 0.1) is 13.8 Å². The van der Waals surface area contributed by atoms with Crippen molar-refractivity contribution in [3.63, 3.8) is 0 Å². The molecule has 0 amide bonds. The second kappa shape index (κ2) is 5.95. The van der Waals surface area contributed by atoms with Crippen molar-refractivity contribution in [2.45, 2.75) is 38.1 Å². The smallest absolute Gasteiger partial charge is 0.244 e. The molecule has 1 N–H and O–H groups in total. The van der Waals surface area contributed by atoms with Crippen molar-refractivity contribution in [3.05, 3.63) is 41.5 Å². The van der Waals surface area contributed by atoms with Gasteiger partial charge in [-0.25, -0.2) is 13.1 Å². The highest BCUT2D eigenvalue weighted by Crippen LogP contribution is 2.22. The Balaban J connectivity index is 2.36. The third kappa shape index (κ3) is 3.14. The molecule has 0 saturated carbocycles. The largest absolute Gasteiger partial charge is 0.271 e. The lowest BCUT2D eigenvalue weighted by Crippen LogP contribution is -2.29. The minimum atomic E-state index is -3.63. The van der Waals surface area contributed by atoms with Crippen LogP contribution in [0.15, 0.2) is 29.3 Å². The van der Waals surface area contributed by atoms with Gasteiger partial charge in [0, 0.05) is 13.2 Å². The molecular weight excluding hydrogens is 288 g/mol. The van der Waals surface area contributed by atoms with Gasteiger partial charge in [0.25, 0.3) is 0 Å². The molecule has 0 spiro atoms. The molecule has 0 aliphatic carbocycles. The van der Waals surface area contributed by atoms with Gasteiger partial charge in [-0.1, -0.05) is 13.0 Å². The van der Waals surface area contributed by atoms with E-state index < -0.39 is 10.0 Å². The minimum absolute atomic E-state index is 0.249. The van der Waals surface area contributed by atoms with Gasteiger partial charge in [0.2, 0.25) is 10.0 Å². The normalized spacial score (nSPS) is 13.3. The molecule has 0 saturated heterocycles. The summed E-state index contributed by atoms with van der Waals surface area (Å²) >= 11 is 0. The molecule has 2 heterocycles. The molecule has 7 heteroatoms. The van der Waals surface area contributed by atoms with Crippen LogP contribution in [0.1, 0.15) is 36.5 Å². The summed E-state index contributed by atoms with van der Waals surface area (Å²) in [5.41, 5.74) is 1.83. The molecule has 6 nitrogen and oxygen atoms in total. The molecule has 0 bridgehead atoms. The minimum Gasteiger partial charge on any atom is -0.271 e. The first-order valence-corrected chi connectivity index (χ1v) is 8.28. The summed E-state index contributed by atoms with van der Waals surface area (Å²) in [5, 5.41) is 4.16. The number of sulfonamides is 1. The van der Waals surface area contributed by atoms with Gasteiger partial charge in [-0.2, -0.15) is 5.10 Å². The van der Waals surface area contributed by atoms with E-state index in [1.165, 1.54) is 0 Å². The van der Waals surface area contributed by atoms with E-state index in [0.29, 0.717) is 23.5 Å². The van der Waals surface area contributed by atoms with Crippen molar-refractivity contribution in [1.82, 2.24) is 19.5 Å². The molecule has 0 aliphatic rings. The fraction of sp³-hybridized carbons (Fsp3) is 0.429. The van der Waals surface area contributed by atoms with Crippen molar-refractivity contribution in [2.24, 2.45) is 7.05 Å². The Morgan fingerprint density at radius 2 is 2.05 bits per heavy atom. The lowest BCUT2D eigenvalue weighted by Gasteiger charge is -2.16. The van der Waals surface area contributed by atoms with Crippen LogP contribution in [0.25, 0.3) is 0 Å². The monoisotopic (exact) mass is 308 g/mol. The highest BCUT2D eigenvalue weighted by atomic mass is 32.2. The van der Waals surface area contributed by atoms with Crippen molar-refractivity contribution in [3.8, 4) is 0 Å². The van der Waals surface area contributed by atoms with Crippen LogP contribution in [0.5, 0.6) is 0 Å². The standard InChI is InChI=1S/C14H20N4O2S/c1-5-12(13-8-6-7-9-15-13)17-21(19,20)14-10(2)16-18(4)11(14)3/h6-9,12,17H,5H2,1-4H3/t12-/m1/s1. The van der Waals surface area contributed by atoms with E-state index in [9.17, 15) is 8.42 Å².